The van der Waals surface area contributed by atoms with Gasteiger partial charge in [0.25, 0.3) is 0 Å². The Labute approximate surface area is 49.6 Å². The molecule has 0 aromatic heterocycles. The molecule has 0 radical (unpaired) electrons. The third-order valence-electron chi connectivity index (χ3n) is 0. The van der Waals surface area contributed by atoms with Crippen molar-refractivity contribution in [2.75, 3.05) is 0 Å². The van der Waals surface area contributed by atoms with E-state index in [1.807, 2.05) is 0 Å². The molecule has 0 heterocycles. The van der Waals surface area contributed by atoms with E-state index in [2.05, 4.69) is 0 Å². The van der Waals surface area contributed by atoms with Gasteiger partial charge in [0, 0.05) is 0 Å². The average molecular weight is 314 g/mol. The molecule has 0 fully saturated rings. The first-order valence-electron chi connectivity index (χ1n) is 0.378. The summed E-state index contributed by atoms with van der Waals surface area (Å²) < 4.78 is 0. The van der Waals surface area contributed by atoms with E-state index < -0.39 is 13.5 Å². The predicted octanol–water partition coefficient (Wildman–Crippen LogP) is 2.52. The van der Waals surface area contributed by atoms with Gasteiger partial charge in [-0.05, 0) is 0 Å². The van der Waals surface area contributed by atoms with Crippen LogP contribution in [0.25, 0.3) is 0 Å². The number of hydrogen-bond acceptors (Lipinski definition) is 0. The number of hydrogen-bond donors (Lipinski definition) is 0. The average Bonchev–Trinajstić information content (AvgIpc) is 0.811. The topological polar surface area (TPSA) is 0 Å². The normalized spacial score (nSPS) is 9.00. The van der Waals surface area contributed by atoms with E-state index in [0.717, 1.165) is 0 Å². The van der Waals surface area contributed by atoms with E-state index in [1.54, 1.807) is 0 Å². The minimum absolute atomic E-state index is 0. The van der Waals surface area contributed by atoms with Crippen molar-refractivity contribution in [1.82, 2.24) is 0 Å². The van der Waals surface area contributed by atoms with Gasteiger partial charge < -0.3 is 7.43 Å². The van der Waals surface area contributed by atoms with Gasteiger partial charge in [0.15, 0.2) is 0 Å². The van der Waals surface area contributed by atoms with E-state index in [0.29, 0.717) is 0 Å². The fourth-order valence-electron chi connectivity index (χ4n) is 0. The van der Waals surface area contributed by atoms with Gasteiger partial charge in [0.1, 0.15) is 0 Å². The first-order chi connectivity index (χ1) is 1.73. The molecular formula is CH3Cl3Ir-. The van der Waals surface area contributed by atoms with E-state index in [1.165, 1.54) is 0 Å². The maximum atomic E-state index is 4.97. The second-order valence-corrected chi connectivity index (χ2v) is 10.5. The SMILES string of the molecule is [CH3-].[Cl][Ir]([Cl])[Cl]. The van der Waals surface area contributed by atoms with Gasteiger partial charge in [-0.15, -0.1) is 0 Å². The van der Waals surface area contributed by atoms with Crippen LogP contribution >= 0.6 is 28.8 Å². The van der Waals surface area contributed by atoms with Crippen LogP contribution in [0.3, 0.4) is 0 Å². The Morgan fingerprint density at radius 3 is 1.00 bits per heavy atom. The van der Waals surface area contributed by atoms with Crippen molar-refractivity contribution in [3.05, 3.63) is 7.43 Å². The Kier molecular flexibility index (Phi) is 10.7. The zero-order chi connectivity index (χ0) is 3.58. The molecule has 0 saturated carbocycles. The summed E-state index contributed by atoms with van der Waals surface area (Å²) >= 11 is -1.92. The molecule has 0 aliphatic heterocycles. The molecule has 4 heteroatoms. The van der Waals surface area contributed by atoms with E-state index >= 15 is 0 Å². The molecule has 0 nitrogen and oxygen atoms in total. The molecular weight excluding hydrogens is 311 g/mol. The monoisotopic (exact) mass is 313 g/mol. The summed E-state index contributed by atoms with van der Waals surface area (Å²) in [4.78, 5) is 0. The van der Waals surface area contributed by atoms with Gasteiger partial charge in [0.2, 0.25) is 0 Å². The fraction of sp³-hybridized carbons (Fsp3) is 0. The van der Waals surface area contributed by atoms with Crippen molar-refractivity contribution in [2.45, 2.75) is 0 Å². The minimum atomic E-state index is -1.92. The van der Waals surface area contributed by atoms with Crippen LogP contribution in [-0.4, -0.2) is 0 Å². The first-order valence-corrected chi connectivity index (χ1v) is 9.28. The summed E-state index contributed by atoms with van der Waals surface area (Å²) in [6.45, 7) is 0. The van der Waals surface area contributed by atoms with E-state index in [9.17, 15) is 0 Å². The summed E-state index contributed by atoms with van der Waals surface area (Å²) in [7, 11) is 14.9. The molecule has 0 saturated heterocycles. The molecule has 0 rings (SSSR count). The van der Waals surface area contributed by atoms with Crippen LogP contribution in [0, 0.1) is 7.43 Å². The molecule has 0 bridgehead atoms. The molecule has 0 atom stereocenters. The summed E-state index contributed by atoms with van der Waals surface area (Å²) in [5.41, 5.74) is 0. The van der Waals surface area contributed by atoms with Crippen molar-refractivity contribution in [2.24, 2.45) is 0 Å². The second kappa shape index (κ2) is 5.52. The van der Waals surface area contributed by atoms with Crippen molar-refractivity contribution in [3.63, 3.8) is 0 Å². The van der Waals surface area contributed by atoms with E-state index in [4.69, 9.17) is 28.8 Å². The standard InChI is InChI=1S/CH3.3ClH.Ir/h1H3;3*1H;/q-1;;;;+3/p-3. The summed E-state index contributed by atoms with van der Waals surface area (Å²) in [5, 5.41) is 0. The molecule has 0 unspecified atom stereocenters. The second-order valence-electron chi connectivity index (χ2n) is 0.143. The van der Waals surface area contributed by atoms with Gasteiger partial charge in [-0.1, -0.05) is 0 Å². The number of halogens is 3. The Morgan fingerprint density at radius 1 is 1.00 bits per heavy atom. The van der Waals surface area contributed by atoms with Crippen LogP contribution in [0.2, 0.25) is 0 Å². The van der Waals surface area contributed by atoms with Crippen molar-refractivity contribution in [3.8, 4) is 0 Å². The zero-order valence-electron chi connectivity index (χ0n) is 2.47. The van der Waals surface area contributed by atoms with Gasteiger partial charge in [-0.3, -0.25) is 0 Å². The van der Waals surface area contributed by atoms with Crippen molar-refractivity contribution >= 4 is 28.8 Å². The quantitative estimate of drug-likeness (QED) is 0.603. The zero-order valence-corrected chi connectivity index (χ0v) is 7.13. The van der Waals surface area contributed by atoms with Crippen LogP contribution in [0.5, 0.6) is 0 Å². The Morgan fingerprint density at radius 2 is 1.00 bits per heavy atom. The Bertz CT molecular complexity index is 11.6. The predicted molar refractivity (Wildman–Crippen MR) is 24.0 cm³/mol. The molecule has 0 aromatic carbocycles. The van der Waals surface area contributed by atoms with Crippen LogP contribution in [0.15, 0.2) is 0 Å². The van der Waals surface area contributed by atoms with Gasteiger partial charge in [-0.2, -0.15) is 0 Å². The molecule has 0 aliphatic carbocycles. The summed E-state index contributed by atoms with van der Waals surface area (Å²) in [6, 6.07) is 0. The van der Waals surface area contributed by atoms with Crippen molar-refractivity contribution in [1.29, 1.82) is 0 Å². The Hall–Kier alpha value is 1.52. The first kappa shape index (κ1) is 9.72. The third-order valence-corrected chi connectivity index (χ3v) is 0. The van der Waals surface area contributed by atoms with Crippen LogP contribution < -0.4 is 0 Å². The maximum absolute atomic E-state index is 4.97. The summed E-state index contributed by atoms with van der Waals surface area (Å²) in [5.74, 6) is 0. The van der Waals surface area contributed by atoms with Gasteiger partial charge >= 0.3 is 42.2 Å². The third kappa shape index (κ3) is 29.6. The Balaban J connectivity index is 0. The summed E-state index contributed by atoms with van der Waals surface area (Å²) in [6.07, 6.45) is 0. The molecule has 38 valence electrons. The van der Waals surface area contributed by atoms with Crippen molar-refractivity contribution < 1.29 is 13.5 Å². The van der Waals surface area contributed by atoms with Gasteiger partial charge in [-0.25, -0.2) is 0 Å². The molecule has 0 spiro atoms. The molecule has 0 aromatic rings. The van der Waals surface area contributed by atoms with E-state index in [-0.39, 0.29) is 7.43 Å². The van der Waals surface area contributed by atoms with Crippen LogP contribution in [0.4, 0.5) is 0 Å². The van der Waals surface area contributed by atoms with Gasteiger partial charge in [0.05, 0.1) is 0 Å². The van der Waals surface area contributed by atoms with Crippen LogP contribution in [-0.2, 0) is 13.5 Å². The molecule has 0 aliphatic rings. The fourth-order valence-corrected chi connectivity index (χ4v) is 0. The molecule has 0 amide bonds. The number of rotatable bonds is 0. The molecule has 0 N–H and O–H groups in total. The van der Waals surface area contributed by atoms with Crippen LogP contribution in [0.1, 0.15) is 0 Å². The molecule has 5 heavy (non-hydrogen) atoms.